The van der Waals surface area contributed by atoms with E-state index < -0.39 is 0 Å². The number of H-pyrrole nitrogens is 1. The van der Waals surface area contributed by atoms with Gasteiger partial charge in [0.25, 0.3) is 5.56 Å². The summed E-state index contributed by atoms with van der Waals surface area (Å²) in [5.74, 6) is 0.765. The lowest BCUT2D eigenvalue weighted by Gasteiger charge is -2.05. The Balaban J connectivity index is 1.95. The van der Waals surface area contributed by atoms with Crippen LogP contribution in [-0.4, -0.2) is 16.5 Å². The van der Waals surface area contributed by atoms with Crippen molar-refractivity contribution in [1.29, 1.82) is 0 Å². The summed E-state index contributed by atoms with van der Waals surface area (Å²) in [7, 11) is 1.65. The summed E-state index contributed by atoms with van der Waals surface area (Å²) < 4.78 is 7.47. The van der Waals surface area contributed by atoms with Gasteiger partial charge in [-0.25, -0.2) is 0 Å². The molecule has 5 rings (SSSR count). The van der Waals surface area contributed by atoms with E-state index in [4.69, 9.17) is 16.3 Å². The van der Waals surface area contributed by atoms with Crippen molar-refractivity contribution in [3.63, 3.8) is 0 Å². The molecule has 1 N–H and O–H groups in total. The third kappa shape index (κ3) is 2.57. The number of ether oxygens (including phenoxy) is 1. The molecular weight excluding hydrogens is 372 g/mol. The highest BCUT2D eigenvalue weighted by molar-refractivity contribution is 6.31. The smallest absolute Gasteiger partial charge is 0.273 e. The zero-order chi connectivity index (χ0) is 19.3. The molecule has 0 spiro atoms. The summed E-state index contributed by atoms with van der Waals surface area (Å²) in [6, 6.07) is 21.7. The molecule has 2 heterocycles. The van der Waals surface area contributed by atoms with Crippen molar-refractivity contribution in [1.82, 2.24) is 9.38 Å². The van der Waals surface area contributed by atoms with Crippen molar-refractivity contribution in [2.75, 3.05) is 7.11 Å². The number of fused-ring (bicyclic) bond motifs is 5. The maximum atomic E-state index is 13.1. The molecule has 3 aromatic carbocycles. The Morgan fingerprint density at radius 2 is 1.79 bits per heavy atom. The van der Waals surface area contributed by atoms with E-state index in [1.165, 1.54) is 0 Å². The fraction of sp³-hybridized carbons (Fsp3) is 0.0870. The SMILES string of the molecule is COc1ccc2c(c1)c(Cc1ccccc1)c1c(=O)[nH]c3cc(Cl)ccc3n12. The standard InChI is InChI=1S/C23H17ClN2O2/c1-28-16-8-10-20-17(13-16)18(11-14-5-3-2-4-6-14)22-23(27)25-19-12-15(24)7-9-21(19)26(20)22/h2-10,12-13H,11H2,1H3,(H,25,27). The number of nitrogens with zero attached hydrogens (tertiary/aromatic N) is 1. The van der Waals surface area contributed by atoms with Gasteiger partial charge >= 0.3 is 0 Å². The maximum absolute atomic E-state index is 13.1. The highest BCUT2D eigenvalue weighted by atomic mass is 35.5. The van der Waals surface area contributed by atoms with E-state index in [0.29, 0.717) is 22.5 Å². The molecule has 0 aliphatic rings. The molecule has 0 radical (unpaired) electrons. The van der Waals surface area contributed by atoms with Gasteiger partial charge in [0.1, 0.15) is 11.3 Å². The number of methoxy groups -OCH3 is 1. The minimum Gasteiger partial charge on any atom is -0.497 e. The van der Waals surface area contributed by atoms with Gasteiger partial charge in [0.05, 0.1) is 23.7 Å². The van der Waals surface area contributed by atoms with Gasteiger partial charge in [0, 0.05) is 16.8 Å². The predicted octanol–water partition coefficient (Wildman–Crippen LogP) is 5.19. The van der Waals surface area contributed by atoms with Gasteiger partial charge in [0.15, 0.2) is 0 Å². The Bertz CT molecular complexity index is 1400. The highest BCUT2D eigenvalue weighted by Crippen LogP contribution is 2.32. The summed E-state index contributed by atoms with van der Waals surface area (Å²) in [5, 5.41) is 1.60. The molecule has 0 aliphatic carbocycles. The van der Waals surface area contributed by atoms with Crippen molar-refractivity contribution in [3.05, 3.63) is 93.2 Å². The zero-order valence-electron chi connectivity index (χ0n) is 15.2. The summed E-state index contributed by atoms with van der Waals surface area (Å²) in [6.07, 6.45) is 0.656. The van der Waals surface area contributed by atoms with Gasteiger partial charge in [-0.05, 0) is 47.5 Å². The second kappa shape index (κ2) is 6.43. The number of hydrogen-bond donors (Lipinski definition) is 1. The first kappa shape index (κ1) is 16.9. The monoisotopic (exact) mass is 388 g/mol. The first-order chi connectivity index (χ1) is 13.7. The average molecular weight is 389 g/mol. The number of hydrogen-bond acceptors (Lipinski definition) is 2. The molecule has 28 heavy (non-hydrogen) atoms. The van der Waals surface area contributed by atoms with E-state index in [-0.39, 0.29) is 5.56 Å². The summed E-state index contributed by atoms with van der Waals surface area (Å²) in [6.45, 7) is 0. The second-order valence-corrected chi connectivity index (χ2v) is 7.26. The van der Waals surface area contributed by atoms with Crippen molar-refractivity contribution in [3.8, 4) is 5.75 Å². The van der Waals surface area contributed by atoms with E-state index in [1.807, 2.05) is 52.9 Å². The number of halogens is 1. The van der Waals surface area contributed by atoms with Crippen molar-refractivity contribution < 1.29 is 4.74 Å². The largest absolute Gasteiger partial charge is 0.497 e. The van der Waals surface area contributed by atoms with Crippen LogP contribution in [0.15, 0.2) is 71.5 Å². The average Bonchev–Trinajstić information content (AvgIpc) is 3.03. The summed E-state index contributed by atoms with van der Waals surface area (Å²) in [5.41, 5.74) is 5.25. The van der Waals surface area contributed by atoms with Gasteiger partial charge in [-0.3, -0.25) is 4.79 Å². The number of benzene rings is 3. The van der Waals surface area contributed by atoms with Gasteiger partial charge < -0.3 is 14.1 Å². The van der Waals surface area contributed by atoms with Crippen LogP contribution >= 0.6 is 11.6 Å². The molecule has 5 aromatic rings. The quantitative estimate of drug-likeness (QED) is 0.462. The molecule has 0 amide bonds. The molecule has 0 saturated carbocycles. The van der Waals surface area contributed by atoms with E-state index in [2.05, 4.69) is 17.1 Å². The van der Waals surface area contributed by atoms with Crippen LogP contribution in [0.3, 0.4) is 0 Å². The molecule has 0 bridgehead atoms. The molecule has 0 fully saturated rings. The first-order valence-electron chi connectivity index (χ1n) is 9.02. The third-order valence-electron chi connectivity index (χ3n) is 5.17. The fourth-order valence-corrected chi connectivity index (χ4v) is 4.09. The van der Waals surface area contributed by atoms with Gasteiger partial charge in [0.2, 0.25) is 0 Å². The zero-order valence-corrected chi connectivity index (χ0v) is 16.0. The minimum atomic E-state index is -0.129. The molecular formula is C23H17ClN2O2. The van der Waals surface area contributed by atoms with Gasteiger partial charge in [-0.15, -0.1) is 0 Å². The van der Waals surface area contributed by atoms with Crippen LogP contribution in [0.5, 0.6) is 5.75 Å². The van der Waals surface area contributed by atoms with Gasteiger partial charge in [-0.1, -0.05) is 41.9 Å². The van der Waals surface area contributed by atoms with Crippen LogP contribution in [0, 0.1) is 0 Å². The van der Waals surface area contributed by atoms with Crippen LogP contribution in [0.4, 0.5) is 0 Å². The number of rotatable bonds is 3. The van der Waals surface area contributed by atoms with Gasteiger partial charge in [-0.2, -0.15) is 0 Å². The number of aromatic nitrogens is 2. The molecule has 2 aromatic heterocycles. The lowest BCUT2D eigenvalue weighted by atomic mass is 10.0. The van der Waals surface area contributed by atoms with Crippen LogP contribution in [0.1, 0.15) is 11.1 Å². The Hall–Kier alpha value is -3.24. The van der Waals surface area contributed by atoms with Crippen molar-refractivity contribution in [2.24, 2.45) is 0 Å². The Kier molecular flexibility index (Phi) is 3.88. The molecule has 4 nitrogen and oxygen atoms in total. The Labute approximate surface area is 165 Å². The first-order valence-corrected chi connectivity index (χ1v) is 9.40. The number of nitrogens with one attached hydrogen (secondary N) is 1. The molecule has 0 saturated heterocycles. The van der Waals surface area contributed by atoms with Crippen LogP contribution in [0.25, 0.3) is 27.5 Å². The van der Waals surface area contributed by atoms with E-state index in [0.717, 1.165) is 33.3 Å². The highest BCUT2D eigenvalue weighted by Gasteiger charge is 2.18. The minimum absolute atomic E-state index is 0.129. The fourth-order valence-electron chi connectivity index (χ4n) is 3.91. The summed E-state index contributed by atoms with van der Waals surface area (Å²) >= 11 is 6.14. The normalized spacial score (nSPS) is 11.5. The molecule has 0 unspecified atom stereocenters. The lowest BCUT2D eigenvalue weighted by Crippen LogP contribution is -2.11. The third-order valence-corrected chi connectivity index (χ3v) is 5.40. The van der Waals surface area contributed by atoms with Crippen molar-refractivity contribution in [2.45, 2.75) is 6.42 Å². The van der Waals surface area contributed by atoms with Crippen molar-refractivity contribution >= 4 is 39.1 Å². The number of aromatic amines is 1. The Morgan fingerprint density at radius 3 is 2.57 bits per heavy atom. The van der Waals surface area contributed by atoms with Crippen LogP contribution in [0.2, 0.25) is 5.02 Å². The molecule has 0 atom stereocenters. The molecule has 5 heteroatoms. The Morgan fingerprint density at radius 1 is 1.00 bits per heavy atom. The van der Waals surface area contributed by atoms with Crippen LogP contribution < -0.4 is 10.3 Å². The van der Waals surface area contributed by atoms with E-state index in [9.17, 15) is 4.79 Å². The lowest BCUT2D eigenvalue weighted by molar-refractivity contribution is 0.415. The maximum Gasteiger partial charge on any atom is 0.273 e. The predicted molar refractivity (Wildman–Crippen MR) is 114 cm³/mol. The van der Waals surface area contributed by atoms with Crippen LogP contribution in [-0.2, 0) is 6.42 Å². The topological polar surface area (TPSA) is 46.5 Å². The second-order valence-electron chi connectivity index (χ2n) is 6.82. The molecule has 0 aliphatic heterocycles. The molecule has 138 valence electrons. The summed E-state index contributed by atoms with van der Waals surface area (Å²) in [4.78, 5) is 16.1. The van der Waals surface area contributed by atoms with E-state index in [1.54, 1.807) is 13.2 Å². The van der Waals surface area contributed by atoms with E-state index >= 15 is 0 Å².